The highest BCUT2D eigenvalue weighted by atomic mass is 28.4. The van der Waals surface area contributed by atoms with E-state index in [9.17, 15) is 9.59 Å². The molecule has 1 saturated heterocycles. The maximum Gasteiger partial charge on any atom is 0.330 e. The Hall–Kier alpha value is -3.97. The second kappa shape index (κ2) is 13.1. The molecule has 12 heteroatoms. The monoisotopic (exact) mass is 682 g/mol. The zero-order valence-electron chi connectivity index (χ0n) is 27.8. The lowest BCUT2D eigenvalue weighted by molar-refractivity contribution is -0.193. The minimum absolute atomic E-state index is 0.349. The largest absolute Gasteiger partial charge is 0.497 e. The first kappa shape index (κ1) is 35.3. The first-order chi connectivity index (χ1) is 22.6. The number of H-pyrrole nitrogens is 1. The van der Waals surface area contributed by atoms with E-state index in [-0.39, 0.29) is 5.04 Å². The summed E-state index contributed by atoms with van der Waals surface area (Å²) in [6.07, 6.45) is -3.75. The molecule has 256 valence electrons. The zero-order valence-corrected chi connectivity index (χ0v) is 28.8. The third-order valence-corrected chi connectivity index (χ3v) is 13.9. The average molecular weight is 683 g/mol. The number of ether oxygens (including phenoxy) is 3. The van der Waals surface area contributed by atoms with Gasteiger partial charge in [0.15, 0.2) is 20.0 Å². The molecule has 1 aromatic heterocycles. The van der Waals surface area contributed by atoms with E-state index in [1.165, 1.54) is 7.11 Å². The molecule has 8 nitrogen and oxygen atoms in total. The van der Waals surface area contributed by atoms with E-state index in [1.54, 1.807) is 84.9 Å². The summed E-state index contributed by atoms with van der Waals surface area (Å²) in [5.74, 6) is -3.51. The zero-order chi connectivity index (χ0) is 35.0. The van der Waals surface area contributed by atoms with E-state index in [1.807, 2.05) is 38.8 Å². The van der Waals surface area contributed by atoms with Gasteiger partial charge in [-0.3, -0.25) is 14.3 Å². The quantitative estimate of drug-likeness (QED) is 0.138. The van der Waals surface area contributed by atoms with Gasteiger partial charge in [-0.1, -0.05) is 93.6 Å². The van der Waals surface area contributed by atoms with Gasteiger partial charge in [0.25, 0.3) is 5.56 Å². The lowest BCUT2D eigenvalue weighted by atomic mass is 9.79. The Morgan fingerprint density at radius 2 is 1.42 bits per heavy atom. The molecule has 0 radical (unpaired) electrons. The molecule has 0 unspecified atom stereocenters. The van der Waals surface area contributed by atoms with Crippen LogP contribution in [-0.2, 0) is 19.5 Å². The third kappa shape index (κ3) is 6.29. The Balaban J connectivity index is 1.78. The van der Waals surface area contributed by atoms with Gasteiger partial charge in [0.2, 0.25) is 6.23 Å². The first-order valence-electron chi connectivity index (χ1n) is 15.6. The van der Waals surface area contributed by atoms with Crippen LogP contribution >= 0.6 is 0 Å². The van der Waals surface area contributed by atoms with Gasteiger partial charge in [-0.05, 0) is 47.0 Å². The smallest absolute Gasteiger partial charge is 0.330 e. The number of halogens is 3. The van der Waals surface area contributed by atoms with Crippen LogP contribution in [0.4, 0.5) is 13.2 Å². The number of nitrogens with one attached hydrogen (secondary N) is 1. The fraction of sp³-hybridized carbons (Fsp3) is 0.389. The van der Waals surface area contributed by atoms with Gasteiger partial charge in [0.05, 0.1) is 13.7 Å². The van der Waals surface area contributed by atoms with Gasteiger partial charge in [0, 0.05) is 12.3 Å². The summed E-state index contributed by atoms with van der Waals surface area (Å²) in [6, 6.07) is 25.3. The van der Waals surface area contributed by atoms with Gasteiger partial charge in [0.1, 0.15) is 18.0 Å². The van der Waals surface area contributed by atoms with Crippen molar-refractivity contribution >= 4 is 8.32 Å². The summed E-state index contributed by atoms with van der Waals surface area (Å²) in [5, 5.41) is -0.349. The van der Waals surface area contributed by atoms with Crippen LogP contribution in [0.5, 0.6) is 5.75 Å². The highest BCUT2D eigenvalue weighted by Gasteiger charge is 2.70. The summed E-state index contributed by atoms with van der Waals surface area (Å²) in [6.45, 7) is 7.74. The summed E-state index contributed by atoms with van der Waals surface area (Å²) < 4.78 is 75.4. The van der Waals surface area contributed by atoms with Crippen molar-refractivity contribution in [3.05, 3.63) is 135 Å². The molecule has 1 aliphatic heterocycles. The van der Waals surface area contributed by atoms with Crippen molar-refractivity contribution < 1.29 is 31.8 Å². The van der Waals surface area contributed by atoms with Crippen LogP contribution in [0.1, 0.15) is 43.7 Å². The van der Waals surface area contributed by atoms with Crippen LogP contribution in [0.3, 0.4) is 0 Å². The second-order valence-corrected chi connectivity index (χ2v) is 18.4. The molecule has 1 aliphatic rings. The molecule has 3 atom stereocenters. The lowest BCUT2D eigenvalue weighted by Crippen LogP contribution is -2.58. The summed E-state index contributed by atoms with van der Waals surface area (Å²) in [7, 11) is -1.16. The van der Waals surface area contributed by atoms with Crippen LogP contribution in [-0.4, -0.2) is 55.9 Å². The molecule has 4 aromatic rings. The molecule has 0 amide bonds. The number of aromatic nitrogens is 2. The Labute approximate surface area is 278 Å². The molecule has 0 saturated carbocycles. The number of benzene rings is 3. The third-order valence-electron chi connectivity index (χ3n) is 9.47. The average Bonchev–Trinajstić information content (AvgIpc) is 3.28. The minimum atomic E-state index is -4.04. The van der Waals surface area contributed by atoms with Gasteiger partial charge < -0.3 is 18.6 Å². The molecule has 0 spiro atoms. The standard InChI is InChI=1S/C36H41F3N2O6Si/c1-33(2,3)48(5,6)45-24-34(23-37)30(36(38,39)31(47-34)41-22-21-29(42)40-32(41)43)46-35(25-13-9-7-10-14-25,26-15-11-8-12-16-26)27-17-19-28(44-4)20-18-27/h7-22,30-31H,23-24H2,1-6H3,(H,40,42,43)/t30-,31-,34-/m1/s1. The number of nitrogens with zero attached hydrogens (tertiary/aromatic N) is 1. The fourth-order valence-electron chi connectivity index (χ4n) is 5.70. The molecular formula is C36H41F3N2O6Si. The Kier molecular flexibility index (Phi) is 9.68. The van der Waals surface area contributed by atoms with Crippen molar-refractivity contribution in [3.8, 4) is 5.75 Å². The molecule has 1 fully saturated rings. The van der Waals surface area contributed by atoms with Gasteiger partial charge >= 0.3 is 11.6 Å². The van der Waals surface area contributed by atoms with Gasteiger partial charge in [-0.25, -0.2) is 9.18 Å². The highest BCUT2D eigenvalue weighted by molar-refractivity contribution is 6.74. The predicted octanol–water partition coefficient (Wildman–Crippen LogP) is 6.82. The molecule has 5 rings (SSSR count). The maximum absolute atomic E-state index is 17.2. The number of aromatic amines is 1. The lowest BCUT2D eigenvalue weighted by Gasteiger charge is -2.44. The molecule has 3 aromatic carbocycles. The van der Waals surface area contributed by atoms with E-state index < -0.39 is 62.3 Å². The van der Waals surface area contributed by atoms with Crippen molar-refractivity contribution in [2.45, 2.75) is 68.4 Å². The van der Waals surface area contributed by atoms with Crippen molar-refractivity contribution in [3.63, 3.8) is 0 Å². The number of rotatable bonds is 11. The molecule has 2 heterocycles. The van der Waals surface area contributed by atoms with E-state index in [4.69, 9.17) is 18.6 Å². The van der Waals surface area contributed by atoms with Crippen molar-refractivity contribution in [1.82, 2.24) is 9.55 Å². The van der Waals surface area contributed by atoms with Crippen molar-refractivity contribution in [2.75, 3.05) is 20.4 Å². The van der Waals surface area contributed by atoms with E-state index >= 15 is 13.2 Å². The molecule has 48 heavy (non-hydrogen) atoms. The van der Waals surface area contributed by atoms with Gasteiger partial charge in [-0.2, -0.15) is 8.78 Å². The summed E-state index contributed by atoms with van der Waals surface area (Å²) in [5.41, 5.74) is -4.62. The minimum Gasteiger partial charge on any atom is -0.497 e. The SMILES string of the molecule is COc1ccc(C(O[C@H]2C(F)(F)[C@H](n3ccc(=O)[nH]c3=O)O[C@]2(CF)CO[Si](C)(C)C(C)(C)C)(c2ccccc2)c2ccccc2)cc1. The molecular weight excluding hydrogens is 641 g/mol. The predicted molar refractivity (Wildman–Crippen MR) is 179 cm³/mol. The maximum atomic E-state index is 17.2. The van der Waals surface area contributed by atoms with E-state index in [0.29, 0.717) is 27.0 Å². The Bertz CT molecular complexity index is 1770. The van der Waals surface area contributed by atoms with E-state index in [0.717, 1.165) is 12.3 Å². The topological polar surface area (TPSA) is 91.8 Å². The van der Waals surface area contributed by atoms with Crippen molar-refractivity contribution in [1.29, 1.82) is 0 Å². The van der Waals surface area contributed by atoms with Crippen LogP contribution in [0.2, 0.25) is 18.1 Å². The van der Waals surface area contributed by atoms with Crippen LogP contribution in [0.25, 0.3) is 0 Å². The fourth-order valence-corrected chi connectivity index (χ4v) is 6.74. The van der Waals surface area contributed by atoms with Gasteiger partial charge in [-0.15, -0.1) is 0 Å². The van der Waals surface area contributed by atoms with Crippen LogP contribution in [0, 0.1) is 0 Å². The van der Waals surface area contributed by atoms with E-state index in [2.05, 4.69) is 0 Å². The number of hydrogen-bond donors (Lipinski definition) is 1. The molecule has 0 aliphatic carbocycles. The first-order valence-corrected chi connectivity index (χ1v) is 18.5. The highest BCUT2D eigenvalue weighted by Crippen LogP contribution is 2.54. The normalized spacial score (nSPS) is 21.3. The second-order valence-electron chi connectivity index (χ2n) is 13.5. The number of hydrogen-bond acceptors (Lipinski definition) is 6. The Morgan fingerprint density at radius 1 is 0.875 bits per heavy atom. The van der Waals surface area contributed by atoms with Crippen LogP contribution in [0.15, 0.2) is 107 Å². The van der Waals surface area contributed by atoms with Crippen LogP contribution < -0.4 is 16.0 Å². The summed E-state index contributed by atoms with van der Waals surface area (Å²) >= 11 is 0. The Morgan fingerprint density at radius 3 is 1.90 bits per heavy atom. The number of alkyl halides is 3. The number of methoxy groups -OCH3 is 1. The summed E-state index contributed by atoms with van der Waals surface area (Å²) in [4.78, 5) is 26.8. The van der Waals surface area contributed by atoms with Crippen molar-refractivity contribution in [2.24, 2.45) is 0 Å². The molecule has 0 bridgehead atoms. The molecule has 1 N–H and O–H groups in total.